The lowest BCUT2D eigenvalue weighted by molar-refractivity contribution is -0.124. The fraction of sp³-hybridized carbons (Fsp3) is 0.417. The maximum atomic E-state index is 13.1. The van der Waals surface area contributed by atoms with Gasteiger partial charge in [0.25, 0.3) is 0 Å². The van der Waals surface area contributed by atoms with Crippen molar-refractivity contribution in [3.63, 3.8) is 0 Å². The molecule has 1 aliphatic rings. The Morgan fingerprint density at radius 3 is 2.81 bits per heavy atom. The molecule has 4 rings (SSSR count). The lowest BCUT2D eigenvalue weighted by Gasteiger charge is -2.28. The van der Waals surface area contributed by atoms with Crippen LogP contribution in [-0.4, -0.2) is 57.8 Å². The van der Waals surface area contributed by atoms with Gasteiger partial charge in [-0.25, -0.2) is 4.68 Å². The third-order valence-electron chi connectivity index (χ3n) is 5.98. The van der Waals surface area contributed by atoms with Crippen LogP contribution >= 0.6 is 0 Å². The van der Waals surface area contributed by atoms with Gasteiger partial charge in [0, 0.05) is 32.6 Å². The van der Waals surface area contributed by atoms with Gasteiger partial charge in [0.2, 0.25) is 5.91 Å². The number of fused-ring (bicyclic) bond motifs is 1. The van der Waals surface area contributed by atoms with Crippen LogP contribution < -0.4 is 10.1 Å². The van der Waals surface area contributed by atoms with Crippen molar-refractivity contribution in [1.82, 2.24) is 30.4 Å². The second-order valence-corrected chi connectivity index (χ2v) is 8.18. The van der Waals surface area contributed by atoms with Gasteiger partial charge in [0.1, 0.15) is 17.6 Å². The molecular weight excluding hydrogens is 404 g/mol. The molecule has 1 N–H and O–H groups in total. The van der Waals surface area contributed by atoms with Crippen molar-refractivity contribution in [3.8, 4) is 5.75 Å². The topological polar surface area (TPSA) is 85.2 Å². The fourth-order valence-corrected chi connectivity index (χ4v) is 4.22. The molecule has 1 aromatic heterocycles. The largest absolute Gasteiger partial charge is 0.497 e. The van der Waals surface area contributed by atoms with Crippen LogP contribution in [0.5, 0.6) is 5.75 Å². The molecule has 3 aromatic rings. The number of nitrogens with one attached hydrogen (secondary N) is 1. The molecule has 1 aliphatic heterocycles. The van der Waals surface area contributed by atoms with Crippen molar-refractivity contribution in [2.24, 2.45) is 0 Å². The van der Waals surface area contributed by atoms with Crippen molar-refractivity contribution in [2.75, 3.05) is 26.7 Å². The van der Waals surface area contributed by atoms with E-state index in [1.165, 1.54) is 11.1 Å². The van der Waals surface area contributed by atoms with E-state index < -0.39 is 6.04 Å². The Bertz CT molecular complexity index is 1050. The Hall–Kier alpha value is -3.26. The molecule has 2 aromatic carbocycles. The Morgan fingerprint density at radius 1 is 1.19 bits per heavy atom. The third-order valence-corrected chi connectivity index (χ3v) is 5.98. The van der Waals surface area contributed by atoms with Crippen molar-refractivity contribution in [3.05, 3.63) is 71.0 Å². The van der Waals surface area contributed by atoms with Crippen LogP contribution in [0.3, 0.4) is 0 Å². The van der Waals surface area contributed by atoms with Gasteiger partial charge in [0.15, 0.2) is 0 Å². The van der Waals surface area contributed by atoms with Crippen LogP contribution in [-0.2, 0) is 24.2 Å². The highest BCUT2D eigenvalue weighted by Gasteiger charge is 2.24. The number of ether oxygens (including phenoxy) is 1. The smallest absolute Gasteiger partial charge is 0.245 e. The van der Waals surface area contributed by atoms with E-state index >= 15 is 0 Å². The minimum Gasteiger partial charge on any atom is -0.497 e. The Morgan fingerprint density at radius 2 is 2.03 bits per heavy atom. The average Bonchev–Trinajstić information content (AvgIpc) is 3.25. The van der Waals surface area contributed by atoms with E-state index in [4.69, 9.17) is 4.74 Å². The van der Waals surface area contributed by atoms with Crippen LogP contribution in [0.4, 0.5) is 0 Å². The molecule has 0 radical (unpaired) electrons. The first kappa shape index (κ1) is 22.0. The fourth-order valence-electron chi connectivity index (χ4n) is 4.22. The third kappa shape index (κ3) is 5.31. The van der Waals surface area contributed by atoms with Crippen molar-refractivity contribution in [1.29, 1.82) is 0 Å². The minimum atomic E-state index is -0.515. The molecule has 0 fully saturated rings. The van der Waals surface area contributed by atoms with Crippen molar-refractivity contribution >= 4 is 5.91 Å². The van der Waals surface area contributed by atoms with Gasteiger partial charge in [0.05, 0.1) is 7.11 Å². The maximum Gasteiger partial charge on any atom is 0.245 e. The molecule has 0 unspecified atom stereocenters. The quantitative estimate of drug-likeness (QED) is 0.521. The van der Waals surface area contributed by atoms with E-state index in [-0.39, 0.29) is 5.91 Å². The molecule has 0 spiro atoms. The van der Waals surface area contributed by atoms with Gasteiger partial charge < -0.3 is 10.1 Å². The summed E-state index contributed by atoms with van der Waals surface area (Å²) in [7, 11) is 1.63. The molecule has 32 heavy (non-hydrogen) atoms. The van der Waals surface area contributed by atoms with Crippen molar-refractivity contribution in [2.45, 2.75) is 38.8 Å². The first-order chi connectivity index (χ1) is 15.6. The first-order valence-corrected chi connectivity index (χ1v) is 11.1. The van der Waals surface area contributed by atoms with Gasteiger partial charge in [-0.1, -0.05) is 36.4 Å². The summed E-state index contributed by atoms with van der Waals surface area (Å²) in [4.78, 5) is 15.5. The van der Waals surface area contributed by atoms with Gasteiger partial charge in [-0.2, -0.15) is 0 Å². The molecule has 0 aliphatic carbocycles. The van der Waals surface area contributed by atoms with Gasteiger partial charge in [-0.3, -0.25) is 9.69 Å². The summed E-state index contributed by atoms with van der Waals surface area (Å²) in [6.07, 6.45) is 2.47. The van der Waals surface area contributed by atoms with Crippen LogP contribution in [0.2, 0.25) is 0 Å². The number of carbonyl (C=O) groups excluding carboxylic acids is 1. The highest BCUT2D eigenvalue weighted by atomic mass is 16.5. The first-order valence-electron chi connectivity index (χ1n) is 11.1. The lowest BCUT2D eigenvalue weighted by Crippen LogP contribution is -2.37. The zero-order chi connectivity index (χ0) is 22.3. The minimum absolute atomic E-state index is 0.0767. The molecule has 1 amide bonds. The number of benzene rings is 2. The summed E-state index contributed by atoms with van der Waals surface area (Å²) in [5.41, 5.74) is 3.86. The molecule has 0 saturated heterocycles. The lowest BCUT2D eigenvalue weighted by atomic mass is 10.00. The highest BCUT2D eigenvalue weighted by Crippen LogP contribution is 2.20. The second kappa shape index (κ2) is 10.4. The molecule has 1 atom stereocenters. The second-order valence-electron chi connectivity index (χ2n) is 8.18. The molecular formula is C24H30N6O2. The van der Waals surface area contributed by atoms with Gasteiger partial charge >= 0.3 is 0 Å². The van der Waals surface area contributed by atoms with E-state index in [0.717, 1.165) is 43.8 Å². The van der Waals surface area contributed by atoms with Crippen LogP contribution in [0, 0.1) is 6.92 Å². The van der Waals surface area contributed by atoms with E-state index in [1.807, 2.05) is 24.3 Å². The summed E-state index contributed by atoms with van der Waals surface area (Å²) in [6, 6.07) is 15.9. The van der Waals surface area contributed by atoms with Crippen molar-refractivity contribution < 1.29 is 9.53 Å². The molecule has 8 nitrogen and oxygen atoms in total. The highest BCUT2D eigenvalue weighted by molar-refractivity contribution is 5.80. The summed E-state index contributed by atoms with van der Waals surface area (Å²) in [6.45, 7) is 5.42. The predicted octanol–water partition coefficient (Wildman–Crippen LogP) is 2.34. The summed E-state index contributed by atoms with van der Waals surface area (Å²) in [5.74, 6) is 1.30. The van der Waals surface area contributed by atoms with E-state index in [9.17, 15) is 4.79 Å². The van der Waals surface area contributed by atoms with Gasteiger partial charge in [-0.15, -0.1) is 5.10 Å². The van der Waals surface area contributed by atoms with Crippen LogP contribution in [0.25, 0.3) is 0 Å². The maximum absolute atomic E-state index is 13.1. The number of hydrogen-bond donors (Lipinski definition) is 1. The van der Waals surface area contributed by atoms with Gasteiger partial charge in [-0.05, 0) is 59.0 Å². The van der Waals surface area contributed by atoms with E-state index in [2.05, 4.69) is 50.0 Å². The monoisotopic (exact) mass is 434 g/mol. The number of methoxy groups -OCH3 is 1. The normalized spacial score (nSPS) is 14.6. The number of amides is 1. The summed E-state index contributed by atoms with van der Waals surface area (Å²) in [5, 5.41) is 14.8. The van der Waals surface area contributed by atoms with Crippen LogP contribution in [0.1, 0.15) is 35.0 Å². The van der Waals surface area contributed by atoms with E-state index in [1.54, 1.807) is 18.7 Å². The predicted molar refractivity (Wildman–Crippen MR) is 121 cm³/mol. The summed E-state index contributed by atoms with van der Waals surface area (Å²) >= 11 is 0. The Kier molecular flexibility index (Phi) is 7.11. The number of nitrogens with zero attached hydrogens (tertiary/aromatic N) is 5. The number of tetrazole rings is 1. The molecule has 0 bridgehead atoms. The summed E-state index contributed by atoms with van der Waals surface area (Å²) < 4.78 is 6.91. The zero-order valence-corrected chi connectivity index (χ0v) is 18.7. The number of rotatable bonds is 9. The number of hydrogen-bond acceptors (Lipinski definition) is 6. The average molecular weight is 435 g/mol. The number of aromatic nitrogens is 4. The Labute approximate surface area is 188 Å². The number of carbonyl (C=O) groups is 1. The standard InChI is InChI=1S/C24H30N6O2/c1-18-26-27-28-30(18)23(16-19-7-5-10-22(15-19)32-2)24(31)25-12-6-13-29-14-11-20-8-3-4-9-21(20)17-29/h3-5,7-10,15,23H,6,11-14,16-17H2,1-2H3,(H,25,31)/t23-/m0/s1. The molecule has 2 heterocycles. The van der Waals surface area contributed by atoms with Crippen LogP contribution in [0.15, 0.2) is 48.5 Å². The zero-order valence-electron chi connectivity index (χ0n) is 18.7. The molecule has 0 saturated carbocycles. The molecule has 168 valence electrons. The van der Waals surface area contributed by atoms with E-state index in [0.29, 0.717) is 18.8 Å². The molecule has 8 heteroatoms. The Balaban J connectivity index is 1.33. The SMILES string of the molecule is COc1cccc(C[C@@H](C(=O)NCCCN2CCc3ccccc3C2)n2nnnc2C)c1. The number of aryl methyl sites for hydroxylation is 1.